The monoisotopic (exact) mass is 300 g/mol. The summed E-state index contributed by atoms with van der Waals surface area (Å²) in [4.78, 5) is 11.6. The summed E-state index contributed by atoms with van der Waals surface area (Å²) in [5, 5.41) is 0.195. The molecule has 2 atom stereocenters. The fourth-order valence-corrected chi connectivity index (χ4v) is 3.09. The lowest BCUT2D eigenvalue weighted by molar-refractivity contribution is -0.138. The SMILES string of the molecule is CCOC(=O)/C(C)=C/[C@@H](C)[C@H](C)O[Si](C)(C)C(C)(C)C. The van der Waals surface area contributed by atoms with E-state index in [1.165, 1.54) is 0 Å². The summed E-state index contributed by atoms with van der Waals surface area (Å²) in [6.45, 7) is 19.4. The van der Waals surface area contributed by atoms with E-state index in [1.807, 2.05) is 13.0 Å². The van der Waals surface area contributed by atoms with Crippen LogP contribution in [0.3, 0.4) is 0 Å². The topological polar surface area (TPSA) is 35.5 Å². The molecule has 0 aromatic carbocycles. The van der Waals surface area contributed by atoms with Crippen molar-refractivity contribution in [2.75, 3.05) is 6.61 Å². The molecule has 0 aromatic rings. The second-order valence-corrected chi connectivity index (χ2v) is 11.8. The molecule has 0 unspecified atom stereocenters. The lowest BCUT2D eigenvalue weighted by Crippen LogP contribution is -2.44. The summed E-state index contributed by atoms with van der Waals surface area (Å²) in [5.41, 5.74) is 0.657. The van der Waals surface area contributed by atoms with Crippen LogP contribution in [0.4, 0.5) is 0 Å². The lowest BCUT2D eigenvalue weighted by Gasteiger charge is -2.39. The Hall–Kier alpha value is -0.613. The van der Waals surface area contributed by atoms with E-state index in [9.17, 15) is 4.79 Å². The van der Waals surface area contributed by atoms with E-state index in [1.54, 1.807) is 6.92 Å². The number of hydrogen-bond donors (Lipinski definition) is 0. The molecule has 0 spiro atoms. The maximum atomic E-state index is 11.6. The first kappa shape index (κ1) is 19.4. The zero-order valence-corrected chi connectivity index (χ0v) is 15.7. The molecule has 20 heavy (non-hydrogen) atoms. The van der Waals surface area contributed by atoms with Gasteiger partial charge in [0.25, 0.3) is 0 Å². The van der Waals surface area contributed by atoms with Gasteiger partial charge in [-0.25, -0.2) is 4.79 Å². The summed E-state index contributed by atoms with van der Waals surface area (Å²) < 4.78 is 11.3. The third-order valence-electron chi connectivity index (χ3n) is 4.14. The Bertz CT molecular complexity index is 353. The predicted molar refractivity (Wildman–Crippen MR) is 87.3 cm³/mol. The van der Waals surface area contributed by atoms with E-state index < -0.39 is 8.32 Å². The number of rotatable bonds is 6. The molecule has 118 valence electrons. The Morgan fingerprint density at radius 1 is 1.25 bits per heavy atom. The van der Waals surface area contributed by atoms with E-state index in [2.05, 4.69) is 47.7 Å². The van der Waals surface area contributed by atoms with Crippen LogP contribution in [0.1, 0.15) is 48.5 Å². The Balaban J connectivity index is 4.76. The Kier molecular flexibility index (Phi) is 7.18. The molecule has 0 aliphatic carbocycles. The normalized spacial score (nSPS) is 16.8. The molecule has 0 aliphatic rings. The van der Waals surface area contributed by atoms with Crippen molar-refractivity contribution in [3.05, 3.63) is 11.6 Å². The number of carbonyl (C=O) groups excluding carboxylic acids is 1. The molecule has 0 fully saturated rings. The van der Waals surface area contributed by atoms with Crippen molar-refractivity contribution < 1.29 is 14.0 Å². The van der Waals surface area contributed by atoms with Crippen LogP contribution in [0.25, 0.3) is 0 Å². The summed E-state index contributed by atoms with van der Waals surface area (Å²) in [6.07, 6.45) is 2.05. The molecule has 0 saturated heterocycles. The standard InChI is InChI=1S/C16H32O3Si/c1-10-18-15(17)13(3)11-12(2)14(4)19-20(8,9)16(5,6)7/h11-12,14H,10H2,1-9H3/b13-11+/t12-,14+/m1/s1. The zero-order valence-electron chi connectivity index (χ0n) is 14.7. The van der Waals surface area contributed by atoms with Crippen molar-refractivity contribution >= 4 is 14.3 Å². The molecule has 0 rings (SSSR count). The molecule has 0 aliphatic heterocycles. The predicted octanol–water partition coefficient (Wildman–Crippen LogP) is 4.54. The Morgan fingerprint density at radius 3 is 2.15 bits per heavy atom. The summed E-state index contributed by atoms with van der Waals surface area (Å²) in [5.74, 6) is -0.0487. The minimum absolute atomic E-state index is 0.0975. The van der Waals surface area contributed by atoms with Crippen molar-refractivity contribution in [2.45, 2.75) is 72.7 Å². The van der Waals surface area contributed by atoms with Crippen molar-refractivity contribution in [1.29, 1.82) is 0 Å². The van der Waals surface area contributed by atoms with Crippen LogP contribution in [0, 0.1) is 5.92 Å². The number of carbonyl (C=O) groups is 1. The van der Waals surface area contributed by atoms with E-state index in [0.717, 1.165) is 0 Å². The summed E-state index contributed by atoms with van der Waals surface area (Å²) >= 11 is 0. The molecule has 0 amide bonds. The highest BCUT2D eigenvalue weighted by molar-refractivity contribution is 6.74. The van der Waals surface area contributed by atoms with Crippen LogP contribution in [0.5, 0.6) is 0 Å². The third-order valence-corrected chi connectivity index (χ3v) is 8.71. The van der Waals surface area contributed by atoms with E-state index in [0.29, 0.717) is 12.2 Å². The van der Waals surface area contributed by atoms with Gasteiger partial charge < -0.3 is 9.16 Å². The minimum Gasteiger partial charge on any atom is -0.463 e. The van der Waals surface area contributed by atoms with Crippen LogP contribution in [-0.4, -0.2) is 27.0 Å². The first-order valence-electron chi connectivity index (χ1n) is 7.45. The molecule has 3 nitrogen and oxygen atoms in total. The molecule has 0 saturated carbocycles. The van der Waals surface area contributed by atoms with Gasteiger partial charge in [0.1, 0.15) is 0 Å². The smallest absolute Gasteiger partial charge is 0.333 e. The van der Waals surface area contributed by atoms with Gasteiger partial charge in [0.2, 0.25) is 0 Å². The largest absolute Gasteiger partial charge is 0.463 e. The van der Waals surface area contributed by atoms with Gasteiger partial charge in [0, 0.05) is 11.7 Å². The quantitative estimate of drug-likeness (QED) is 0.410. The van der Waals surface area contributed by atoms with Gasteiger partial charge in [-0.3, -0.25) is 0 Å². The van der Waals surface area contributed by atoms with Crippen LogP contribution >= 0.6 is 0 Å². The van der Waals surface area contributed by atoms with Gasteiger partial charge >= 0.3 is 5.97 Å². The third kappa shape index (κ3) is 5.79. The maximum Gasteiger partial charge on any atom is 0.333 e. The minimum atomic E-state index is -1.77. The first-order valence-corrected chi connectivity index (χ1v) is 10.4. The Labute approximate surface area is 125 Å². The molecule has 4 heteroatoms. The van der Waals surface area contributed by atoms with Crippen LogP contribution in [0.2, 0.25) is 18.1 Å². The summed E-state index contributed by atoms with van der Waals surface area (Å²) in [6, 6.07) is 0. The highest BCUT2D eigenvalue weighted by atomic mass is 28.4. The van der Waals surface area contributed by atoms with E-state index in [4.69, 9.17) is 9.16 Å². The molecule has 0 N–H and O–H groups in total. The number of hydrogen-bond acceptors (Lipinski definition) is 3. The Morgan fingerprint density at radius 2 is 1.75 bits per heavy atom. The number of esters is 1. The van der Waals surface area contributed by atoms with Crippen LogP contribution in [-0.2, 0) is 14.0 Å². The van der Waals surface area contributed by atoms with Gasteiger partial charge in [-0.15, -0.1) is 0 Å². The van der Waals surface area contributed by atoms with E-state index >= 15 is 0 Å². The fraction of sp³-hybridized carbons (Fsp3) is 0.812. The average molecular weight is 301 g/mol. The molecular weight excluding hydrogens is 268 g/mol. The van der Waals surface area contributed by atoms with Gasteiger partial charge in [-0.05, 0) is 44.8 Å². The first-order chi connectivity index (χ1) is 8.92. The molecule has 0 heterocycles. The second kappa shape index (κ2) is 7.41. The molecule has 0 radical (unpaired) electrons. The van der Waals surface area contributed by atoms with Gasteiger partial charge in [0.05, 0.1) is 6.61 Å². The van der Waals surface area contributed by atoms with Gasteiger partial charge in [-0.1, -0.05) is 33.8 Å². The molecular formula is C16H32O3Si. The average Bonchev–Trinajstić information content (AvgIpc) is 2.26. The highest BCUT2D eigenvalue weighted by Crippen LogP contribution is 2.38. The summed E-state index contributed by atoms with van der Waals surface area (Å²) in [7, 11) is -1.77. The van der Waals surface area contributed by atoms with E-state index in [-0.39, 0.29) is 23.0 Å². The van der Waals surface area contributed by atoms with Gasteiger partial charge in [0.15, 0.2) is 8.32 Å². The van der Waals surface area contributed by atoms with Crippen molar-refractivity contribution in [2.24, 2.45) is 5.92 Å². The number of ether oxygens (including phenoxy) is 1. The maximum absolute atomic E-state index is 11.6. The highest BCUT2D eigenvalue weighted by Gasteiger charge is 2.39. The lowest BCUT2D eigenvalue weighted by atomic mass is 10.0. The van der Waals surface area contributed by atoms with Crippen molar-refractivity contribution in [3.8, 4) is 0 Å². The van der Waals surface area contributed by atoms with Gasteiger partial charge in [-0.2, -0.15) is 0 Å². The van der Waals surface area contributed by atoms with Crippen LogP contribution in [0.15, 0.2) is 11.6 Å². The van der Waals surface area contributed by atoms with Crippen LogP contribution < -0.4 is 0 Å². The van der Waals surface area contributed by atoms with Crippen molar-refractivity contribution in [3.63, 3.8) is 0 Å². The van der Waals surface area contributed by atoms with Crippen molar-refractivity contribution in [1.82, 2.24) is 0 Å². The molecule has 0 bridgehead atoms. The second-order valence-electron chi connectivity index (χ2n) is 7.01. The zero-order chi connectivity index (χ0) is 16.1. The molecule has 0 aromatic heterocycles. The fourth-order valence-electron chi connectivity index (χ4n) is 1.59.